The van der Waals surface area contributed by atoms with E-state index in [1.165, 1.54) is 37.1 Å². The molecule has 2 heterocycles. The summed E-state index contributed by atoms with van der Waals surface area (Å²) in [6, 6.07) is 0. The highest BCUT2D eigenvalue weighted by atomic mass is 14.9. The fourth-order valence-corrected chi connectivity index (χ4v) is 2.16. The topological polar surface area (TPSA) is 24.1 Å². The van der Waals surface area contributed by atoms with Crippen LogP contribution in [0.5, 0.6) is 0 Å². The van der Waals surface area contributed by atoms with Crippen molar-refractivity contribution in [3.8, 4) is 0 Å². The molecule has 0 amide bonds. The Morgan fingerprint density at radius 2 is 2.00 bits per heavy atom. The lowest BCUT2D eigenvalue weighted by Crippen LogP contribution is -2.15. The van der Waals surface area contributed by atoms with E-state index >= 15 is 0 Å². The molecular formula is C12H20N2. The second kappa shape index (κ2) is 4.54. The highest BCUT2D eigenvalue weighted by molar-refractivity contribution is 5.11. The van der Waals surface area contributed by atoms with Crippen molar-refractivity contribution in [2.45, 2.75) is 32.6 Å². The van der Waals surface area contributed by atoms with Gasteiger partial charge in [0.1, 0.15) is 0 Å². The number of nitrogens with one attached hydrogen (secondary N) is 2. The molecule has 0 saturated heterocycles. The van der Waals surface area contributed by atoms with E-state index in [0.717, 1.165) is 13.1 Å². The zero-order valence-electron chi connectivity index (χ0n) is 8.97. The molecule has 0 aromatic heterocycles. The van der Waals surface area contributed by atoms with Gasteiger partial charge in [0.25, 0.3) is 0 Å². The summed E-state index contributed by atoms with van der Waals surface area (Å²) in [6.45, 7) is 4.60. The molecule has 1 unspecified atom stereocenters. The molecular weight excluding hydrogens is 172 g/mol. The predicted octanol–water partition coefficient (Wildman–Crippen LogP) is 2.16. The van der Waals surface area contributed by atoms with Gasteiger partial charge in [-0.05, 0) is 31.6 Å². The third kappa shape index (κ3) is 2.31. The summed E-state index contributed by atoms with van der Waals surface area (Å²) in [5.41, 5.74) is 2.92. The zero-order chi connectivity index (χ0) is 9.80. The summed E-state index contributed by atoms with van der Waals surface area (Å²) < 4.78 is 0. The van der Waals surface area contributed by atoms with Gasteiger partial charge < -0.3 is 10.6 Å². The Morgan fingerprint density at radius 3 is 2.64 bits per heavy atom. The zero-order valence-corrected chi connectivity index (χ0v) is 8.97. The van der Waals surface area contributed by atoms with E-state index in [2.05, 4.69) is 29.7 Å². The van der Waals surface area contributed by atoms with Crippen molar-refractivity contribution in [3.05, 3.63) is 23.5 Å². The first-order valence-corrected chi connectivity index (χ1v) is 5.73. The molecule has 2 heteroatoms. The van der Waals surface area contributed by atoms with Crippen LogP contribution >= 0.6 is 0 Å². The molecule has 2 nitrogen and oxygen atoms in total. The molecule has 0 spiro atoms. The second-order valence-corrected chi connectivity index (χ2v) is 4.26. The van der Waals surface area contributed by atoms with Crippen molar-refractivity contribution in [2.24, 2.45) is 5.92 Å². The minimum Gasteiger partial charge on any atom is -0.388 e. The second-order valence-electron chi connectivity index (χ2n) is 4.26. The van der Waals surface area contributed by atoms with Crippen LogP contribution in [-0.2, 0) is 0 Å². The van der Waals surface area contributed by atoms with Gasteiger partial charge in [0.05, 0.1) is 0 Å². The van der Waals surface area contributed by atoms with Crippen molar-refractivity contribution < 1.29 is 0 Å². The minimum absolute atomic E-state index is 0.695. The Morgan fingerprint density at radius 1 is 1.21 bits per heavy atom. The van der Waals surface area contributed by atoms with Crippen molar-refractivity contribution >= 4 is 0 Å². The van der Waals surface area contributed by atoms with Crippen molar-refractivity contribution in [1.29, 1.82) is 0 Å². The molecule has 0 aromatic rings. The number of hydrogen-bond donors (Lipinski definition) is 2. The Labute approximate surface area is 86.5 Å². The molecule has 0 bridgehead atoms. The van der Waals surface area contributed by atoms with Crippen LogP contribution in [0.1, 0.15) is 32.6 Å². The van der Waals surface area contributed by atoms with E-state index in [4.69, 9.17) is 0 Å². The molecule has 1 atom stereocenters. The fourth-order valence-electron chi connectivity index (χ4n) is 2.16. The summed E-state index contributed by atoms with van der Waals surface area (Å²) in [7, 11) is 0. The van der Waals surface area contributed by atoms with Gasteiger partial charge in [-0.3, -0.25) is 0 Å². The van der Waals surface area contributed by atoms with Crippen molar-refractivity contribution in [3.63, 3.8) is 0 Å². The summed E-state index contributed by atoms with van der Waals surface area (Å²) in [6.07, 6.45) is 9.58. The molecule has 0 aliphatic carbocycles. The molecule has 0 saturated carbocycles. The van der Waals surface area contributed by atoms with Crippen LogP contribution < -0.4 is 10.6 Å². The Kier molecular flexibility index (Phi) is 3.12. The Balaban J connectivity index is 1.74. The van der Waals surface area contributed by atoms with E-state index < -0.39 is 0 Å². The van der Waals surface area contributed by atoms with E-state index in [-0.39, 0.29) is 0 Å². The Hall–Kier alpha value is -0.920. The lowest BCUT2D eigenvalue weighted by molar-refractivity contribution is 0.568. The third-order valence-corrected chi connectivity index (χ3v) is 3.10. The van der Waals surface area contributed by atoms with Gasteiger partial charge in [0.2, 0.25) is 0 Å². The maximum Gasteiger partial charge on any atom is 0.0179 e. The van der Waals surface area contributed by atoms with Crippen LogP contribution in [0.3, 0.4) is 0 Å². The number of rotatable bonds is 4. The molecule has 78 valence electrons. The number of allylic oxidation sites excluding steroid dienone is 2. The van der Waals surface area contributed by atoms with Crippen LogP contribution in [0, 0.1) is 5.92 Å². The summed E-state index contributed by atoms with van der Waals surface area (Å²) in [5.74, 6) is 0.695. The molecule has 2 aliphatic heterocycles. The first-order valence-electron chi connectivity index (χ1n) is 5.73. The summed E-state index contributed by atoms with van der Waals surface area (Å²) >= 11 is 0. The first-order chi connectivity index (χ1) is 6.86. The van der Waals surface area contributed by atoms with Crippen LogP contribution in [0.4, 0.5) is 0 Å². The van der Waals surface area contributed by atoms with E-state index in [1.807, 2.05) is 0 Å². The highest BCUT2D eigenvalue weighted by Gasteiger charge is 2.13. The molecule has 2 rings (SSSR count). The third-order valence-electron chi connectivity index (χ3n) is 3.10. The predicted molar refractivity (Wildman–Crippen MR) is 59.8 cm³/mol. The van der Waals surface area contributed by atoms with Gasteiger partial charge in [-0.15, -0.1) is 0 Å². The molecule has 2 N–H and O–H groups in total. The van der Waals surface area contributed by atoms with Crippen LogP contribution in [0.15, 0.2) is 23.5 Å². The Bertz CT molecular complexity index is 253. The van der Waals surface area contributed by atoms with Gasteiger partial charge in [-0.2, -0.15) is 0 Å². The van der Waals surface area contributed by atoms with Crippen LogP contribution in [0.2, 0.25) is 0 Å². The first kappa shape index (κ1) is 9.63. The number of hydrogen-bond acceptors (Lipinski definition) is 2. The smallest absolute Gasteiger partial charge is 0.0179 e. The quantitative estimate of drug-likeness (QED) is 0.713. The molecule has 14 heavy (non-hydrogen) atoms. The van der Waals surface area contributed by atoms with E-state index in [0.29, 0.717) is 5.92 Å². The van der Waals surface area contributed by atoms with Crippen molar-refractivity contribution in [1.82, 2.24) is 10.6 Å². The van der Waals surface area contributed by atoms with Gasteiger partial charge >= 0.3 is 0 Å². The minimum atomic E-state index is 0.695. The lowest BCUT2D eigenvalue weighted by atomic mass is 10.0. The average molecular weight is 192 g/mol. The maximum absolute atomic E-state index is 3.45. The van der Waals surface area contributed by atoms with Crippen molar-refractivity contribution in [2.75, 3.05) is 13.1 Å². The fraction of sp³-hybridized carbons (Fsp3) is 0.667. The standard InChI is InChI=1S/C12H20N2/c1-10(12-5-3-9-14-12)6-7-11-4-2-8-13-11/h4-5,10,13-14H,2-3,6-9H2,1H3. The molecule has 0 radical (unpaired) electrons. The van der Waals surface area contributed by atoms with E-state index in [1.54, 1.807) is 0 Å². The largest absolute Gasteiger partial charge is 0.388 e. The highest BCUT2D eigenvalue weighted by Crippen LogP contribution is 2.20. The molecule has 2 aliphatic rings. The van der Waals surface area contributed by atoms with Crippen LogP contribution in [-0.4, -0.2) is 13.1 Å². The normalized spacial score (nSPS) is 22.4. The SMILES string of the molecule is CC(CCC1=CCCN1)C1=CCCN1. The van der Waals surface area contributed by atoms with Gasteiger partial charge in [0.15, 0.2) is 0 Å². The van der Waals surface area contributed by atoms with Gasteiger partial charge in [-0.1, -0.05) is 19.1 Å². The summed E-state index contributed by atoms with van der Waals surface area (Å²) in [5, 5.41) is 6.88. The maximum atomic E-state index is 3.45. The van der Waals surface area contributed by atoms with Gasteiger partial charge in [0, 0.05) is 24.5 Å². The lowest BCUT2D eigenvalue weighted by Gasteiger charge is -2.14. The van der Waals surface area contributed by atoms with Crippen LogP contribution in [0.25, 0.3) is 0 Å². The monoisotopic (exact) mass is 192 g/mol. The average Bonchev–Trinajstić information content (AvgIpc) is 2.87. The van der Waals surface area contributed by atoms with Gasteiger partial charge in [-0.25, -0.2) is 0 Å². The molecule has 0 aromatic carbocycles. The van der Waals surface area contributed by atoms with E-state index in [9.17, 15) is 0 Å². The molecule has 0 fully saturated rings. The summed E-state index contributed by atoms with van der Waals surface area (Å²) in [4.78, 5) is 0.